The van der Waals surface area contributed by atoms with Crippen LogP contribution in [0.25, 0.3) is 11.3 Å². The van der Waals surface area contributed by atoms with Crippen LogP contribution in [0.3, 0.4) is 0 Å². The standard InChI is InChI=1S/C28H31N5O4/c1-3-24(34)32-15-12-18(13-16-32)21-11-14-30-33-26(27(29)35)25(31-28(21)33)19-9-10-22(23(17-19)36-2)37-20-7-5-4-6-8-20/h3-10,17-18,21,30H,1,11-16H2,2H3,(H2,29,35). The summed E-state index contributed by atoms with van der Waals surface area (Å²) >= 11 is 0. The number of likely N-dealkylation sites (tertiary alicyclic amines) is 1. The van der Waals surface area contributed by atoms with Crippen molar-refractivity contribution in [2.75, 3.05) is 32.2 Å². The van der Waals surface area contributed by atoms with Gasteiger partial charge in [-0.3, -0.25) is 9.59 Å². The summed E-state index contributed by atoms with van der Waals surface area (Å²) in [6.45, 7) is 5.68. The zero-order valence-electron chi connectivity index (χ0n) is 20.9. The monoisotopic (exact) mass is 501 g/mol. The number of carbonyl (C=O) groups excluding carboxylic acids is 2. The number of rotatable bonds is 7. The lowest BCUT2D eigenvalue weighted by molar-refractivity contribution is -0.127. The van der Waals surface area contributed by atoms with Crippen molar-refractivity contribution in [2.45, 2.75) is 25.2 Å². The Bertz CT molecular complexity index is 1310. The summed E-state index contributed by atoms with van der Waals surface area (Å²) in [7, 11) is 1.57. The van der Waals surface area contributed by atoms with Crippen LogP contribution in [0.15, 0.2) is 61.2 Å². The predicted octanol–water partition coefficient (Wildman–Crippen LogP) is 3.91. The van der Waals surface area contributed by atoms with Gasteiger partial charge in [0.2, 0.25) is 5.91 Å². The molecule has 0 radical (unpaired) electrons. The first-order chi connectivity index (χ1) is 18.0. The first kappa shape index (κ1) is 24.4. The lowest BCUT2D eigenvalue weighted by Gasteiger charge is -2.37. The Hall–Kier alpha value is -4.27. The second kappa shape index (κ2) is 10.4. The van der Waals surface area contributed by atoms with Gasteiger partial charge in [0.25, 0.3) is 5.91 Å². The van der Waals surface area contributed by atoms with Gasteiger partial charge < -0.3 is 25.5 Å². The molecule has 0 saturated carbocycles. The number of carbonyl (C=O) groups is 2. The number of nitrogens with one attached hydrogen (secondary N) is 1. The quantitative estimate of drug-likeness (QED) is 0.475. The number of para-hydroxylation sites is 1. The van der Waals surface area contributed by atoms with Gasteiger partial charge in [0, 0.05) is 31.1 Å². The third kappa shape index (κ3) is 4.76. The van der Waals surface area contributed by atoms with Crippen LogP contribution in [0.4, 0.5) is 0 Å². The highest BCUT2D eigenvalue weighted by Gasteiger charge is 2.36. The van der Waals surface area contributed by atoms with Crippen molar-refractivity contribution in [3.63, 3.8) is 0 Å². The smallest absolute Gasteiger partial charge is 0.269 e. The number of piperidine rings is 1. The molecule has 0 bridgehead atoms. The van der Waals surface area contributed by atoms with Gasteiger partial charge in [-0.05, 0) is 61.6 Å². The van der Waals surface area contributed by atoms with Crippen LogP contribution in [-0.2, 0) is 4.79 Å². The Morgan fingerprint density at radius 3 is 2.54 bits per heavy atom. The van der Waals surface area contributed by atoms with Crippen molar-refractivity contribution in [2.24, 2.45) is 11.7 Å². The molecule has 1 aromatic heterocycles. The number of methoxy groups -OCH3 is 1. The first-order valence-electron chi connectivity index (χ1n) is 12.5. The lowest BCUT2D eigenvalue weighted by atomic mass is 9.81. The van der Waals surface area contributed by atoms with Gasteiger partial charge in [0.15, 0.2) is 17.2 Å². The van der Waals surface area contributed by atoms with Gasteiger partial charge in [-0.2, -0.15) is 0 Å². The van der Waals surface area contributed by atoms with Crippen LogP contribution in [0.1, 0.15) is 41.5 Å². The minimum absolute atomic E-state index is 0.0304. The second-order valence-electron chi connectivity index (χ2n) is 9.32. The van der Waals surface area contributed by atoms with Crippen molar-refractivity contribution >= 4 is 11.8 Å². The van der Waals surface area contributed by atoms with Crippen molar-refractivity contribution in [1.82, 2.24) is 14.6 Å². The van der Waals surface area contributed by atoms with E-state index in [9.17, 15) is 9.59 Å². The van der Waals surface area contributed by atoms with Crippen molar-refractivity contribution < 1.29 is 19.1 Å². The van der Waals surface area contributed by atoms with Crippen LogP contribution in [0, 0.1) is 5.92 Å². The summed E-state index contributed by atoms with van der Waals surface area (Å²) in [6.07, 6.45) is 4.00. The molecule has 1 fully saturated rings. The number of benzene rings is 2. The van der Waals surface area contributed by atoms with E-state index in [2.05, 4.69) is 12.0 Å². The predicted molar refractivity (Wildman–Crippen MR) is 140 cm³/mol. The normalized spacial score (nSPS) is 17.4. The highest BCUT2D eigenvalue weighted by atomic mass is 16.5. The molecule has 9 nitrogen and oxygen atoms in total. The van der Waals surface area contributed by atoms with E-state index in [1.165, 1.54) is 6.08 Å². The Labute approximate surface area is 215 Å². The van der Waals surface area contributed by atoms with E-state index < -0.39 is 5.91 Å². The van der Waals surface area contributed by atoms with E-state index in [0.29, 0.717) is 59.8 Å². The molecule has 0 aliphatic carbocycles. The van der Waals surface area contributed by atoms with Gasteiger partial charge in [0.05, 0.1) is 7.11 Å². The molecule has 37 heavy (non-hydrogen) atoms. The summed E-state index contributed by atoms with van der Waals surface area (Å²) in [5.41, 5.74) is 10.7. The molecule has 3 aromatic rings. The summed E-state index contributed by atoms with van der Waals surface area (Å²) in [6, 6.07) is 14.9. The first-order valence-corrected chi connectivity index (χ1v) is 12.5. The Morgan fingerprint density at radius 1 is 1.11 bits per heavy atom. The Morgan fingerprint density at radius 2 is 1.86 bits per heavy atom. The lowest BCUT2D eigenvalue weighted by Crippen LogP contribution is -2.41. The molecule has 192 valence electrons. The van der Waals surface area contributed by atoms with Gasteiger partial charge >= 0.3 is 0 Å². The van der Waals surface area contributed by atoms with Crippen molar-refractivity contribution in [3.05, 3.63) is 72.7 Å². The number of hydrogen-bond donors (Lipinski definition) is 2. The van der Waals surface area contributed by atoms with Crippen LogP contribution >= 0.6 is 0 Å². The molecule has 0 spiro atoms. The highest BCUT2D eigenvalue weighted by molar-refractivity contribution is 5.98. The number of ether oxygens (including phenoxy) is 2. The summed E-state index contributed by atoms with van der Waals surface area (Å²) < 4.78 is 13.4. The Balaban J connectivity index is 1.47. The second-order valence-corrected chi connectivity index (χ2v) is 9.32. The number of primary amides is 1. The molecule has 2 aromatic carbocycles. The topological polar surface area (TPSA) is 112 Å². The van der Waals surface area contributed by atoms with E-state index in [0.717, 1.165) is 25.1 Å². The zero-order valence-corrected chi connectivity index (χ0v) is 20.9. The minimum atomic E-state index is -0.558. The number of hydrogen-bond acceptors (Lipinski definition) is 6. The number of amides is 2. The number of aromatic nitrogens is 2. The molecule has 2 aliphatic heterocycles. The molecule has 2 amide bonds. The highest BCUT2D eigenvalue weighted by Crippen LogP contribution is 2.40. The van der Waals surface area contributed by atoms with Crippen molar-refractivity contribution in [1.29, 1.82) is 0 Å². The molecule has 1 unspecified atom stereocenters. The SMILES string of the molecule is C=CC(=O)N1CCC(C2CCNn3c2nc(-c2ccc(Oc4ccccc4)c(OC)c2)c3C(N)=O)CC1. The fraction of sp³-hybridized carbons (Fsp3) is 0.321. The number of fused-ring (bicyclic) bond motifs is 1. The fourth-order valence-corrected chi connectivity index (χ4v) is 5.35. The maximum atomic E-state index is 12.6. The molecule has 5 rings (SSSR count). The number of imidazole rings is 1. The molecule has 1 atom stereocenters. The minimum Gasteiger partial charge on any atom is -0.493 e. The van der Waals surface area contributed by atoms with E-state index in [1.807, 2.05) is 53.4 Å². The molecule has 1 saturated heterocycles. The van der Waals surface area contributed by atoms with Gasteiger partial charge in [0.1, 0.15) is 17.3 Å². The largest absolute Gasteiger partial charge is 0.493 e. The maximum Gasteiger partial charge on any atom is 0.269 e. The molecule has 3 heterocycles. The summed E-state index contributed by atoms with van der Waals surface area (Å²) in [5.74, 6) is 2.47. The van der Waals surface area contributed by atoms with E-state index in [4.69, 9.17) is 20.2 Å². The van der Waals surface area contributed by atoms with E-state index >= 15 is 0 Å². The van der Waals surface area contributed by atoms with Crippen LogP contribution in [-0.4, -0.2) is 53.1 Å². The number of nitrogens with two attached hydrogens (primary N) is 1. The molecule has 2 aliphatic rings. The number of nitrogens with zero attached hydrogens (tertiary/aromatic N) is 3. The van der Waals surface area contributed by atoms with Gasteiger partial charge in [-0.25, -0.2) is 9.66 Å². The third-order valence-corrected chi connectivity index (χ3v) is 7.20. The zero-order chi connectivity index (χ0) is 25.9. The average Bonchev–Trinajstić information content (AvgIpc) is 3.34. The van der Waals surface area contributed by atoms with Crippen LogP contribution in [0.5, 0.6) is 17.2 Å². The van der Waals surface area contributed by atoms with Crippen LogP contribution < -0.4 is 20.6 Å². The maximum absolute atomic E-state index is 12.6. The molecule has 9 heteroatoms. The van der Waals surface area contributed by atoms with Crippen LogP contribution in [0.2, 0.25) is 0 Å². The molecular formula is C28H31N5O4. The van der Waals surface area contributed by atoms with Gasteiger partial charge in [-0.15, -0.1) is 0 Å². The average molecular weight is 502 g/mol. The van der Waals surface area contributed by atoms with Crippen molar-refractivity contribution in [3.8, 4) is 28.5 Å². The van der Waals surface area contributed by atoms with E-state index in [1.54, 1.807) is 11.8 Å². The summed E-state index contributed by atoms with van der Waals surface area (Å²) in [5, 5.41) is 0. The molecule has 3 N–H and O–H groups in total. The summed E-state index contributed by atoms with van der Waals surface area (Å²) in [4.78, 5) is 31.5. The van der Waals surface area contributed by atoms with E-state index in [-0.39, 0.29) is 11.8 Å². The van der Waals surface area contributed by atoms with Gasteiger partial charge in [-0.1, -0.05) is 24.8 Å². The third-order valence-electron chi connectivity index (χ3n) is 7.20. The molecular weight excluding hydrogens is 470 g/mol. The Kier molecular flexibility index (Phi) is 6.85. The fourth-order valence-electron chi connectivity index (χ4n) is 5.35.